The van der Waals surface area contributed by atoms with Gasteiger partial charge in [-0.15, -0.1) is 0 Å². The number of hydrogen-bond donors (Lipinski definition) is 1. The van der Waals surface area contributed by atoms with E-state index < -0.39 is 0 Å². The lowest BCUT2D eigenvalue weighted by Crippen LogP contribution is -2.57. The molecule has 1 heterocycles. The summed E-state index contributed by atoms with van der Waals surface area (Å²) in [6.07, 6.45) is 9.56. The van der Waals surface area contributed by atoms with Crippen LogP contribution in [0.1, 0.15) is 61.6 Å². The fourth-order valence-electron chi connectivity index (χ4n) is 6.41. The molecule has 0 radical (unpaired) electrons. The summed E-state index contributed by atoms with van der Waals surface area (Å²) in [5, 5.41) is 4.12. The third-order valence-electron chi connectivity index (χ3n) is 7.29. The summed E-state index contributed by atoms with van der Waals surface area (Å²) in [6.45, 7) is 2.27. The third kappa shape index (κ3) is 1.66. The molecule has 2 aromatic rings. The molecule has 0 aromatic heterocycles. The van der Waals surface area contributed by atoms with E-state index in [1.807, 2.05) is 0 Å². The molecule has 5 rings (SSSR count). The number of aryl methyl sites for hydroxylation is 1. The lowest BCUT2D eigenvalue weighted by molar-refractivity contribution is 0.0565. The minimum Gasteiger partial charge on any atom is -0.374 e. The van der Waals surface area contributed by atoms with Crippen LogP contribution in [0.3, 0.4) is 0 Å². The summed E-state index contributed by atoms with van der Waals surface area (Å²) in [6, 6.07) is 18.3. The minimum absolute atomic E-state index is 0.103. The number of fused-ring (bicyclic) bond motifs is 1. The summed E-state index contributed by atoms with van der Waals surface area (Å²) in [5.41, 5.74) is 6.38. The largest absolute Gasteiger partial charge is 0.374 e. The van der Waals surface area contributed by atoms with Gasteiger partial charge in [-0.1, -0.05) is 67.8 Å². The molecule has 1 aliphatic heterocycles. The molecule has 1 heteroatoms. The number of benzene rings is 2. The molecule has 2 fully saturated rings. The van der Waals surface area contributed by atoms with Crippen LogP contribution in [0.15, 0.2) is 48.5 Å². The van der Waals surface area contributed by atoms with Crippen molar-refractivity contribution >= 4 is 5.69 Å². The average Bonchev–Trinajstić information content (AvgIpc) is 2.94. The molecule has 0 unspecified atom stereocenters. The topological polar surface area (TPSA) is 12.0 Å². The predicted molar refractivity (Wildman–Crippen MR) is 100 cm³/mol. The molecule has 3 aliphatic rings. The van der Waals surface area contributed by atoms with Gasteiger partial charge in [0.2, 0.25) is 0 Å². The normalized spacial score (nSPS) is 34.0. The fraction of sp³-hybridized carbons (Fsp3) is 0.478. The first kappa shape index (κ1) is 14.6. The van der Waals surface area contributed by atoms with Crippen LogP contribution in [0.5, 0.6) is 0 Å². The highest BCUT2D eigenvalue weighted by Gasteiger charge is 2.63. The van der Waals surface area contributed by atoms with Gasteiger partial charge in [-0.05, 0) is 55.2 Å². The maximum atomic E-state index is 4.12. The Kier molecular flexibility index (Phi) is 3.11. The van der Waals surface area contributed by atoms with Crippen LogP contribution in [0.4, 0.5) is 5.69 Å². The minimum atomic E-state index is 0.103. The molecule has 0 bridgehead atoms. The highest BCUT2D eigenvalue weighted by atomic mass is 15.1. The van der Waals surface area contributed by atoms with Gasteiger partial charge in [0.1, 0.15) is 0 Å². The summed E-state index contributed by atoms with van der Waals surface area (Å²) in [7, 11) is 0. The van der Waals surface area contributed by atoms with Crippen LogP contribution in [-0.2, 0) is 11.0 Å². The van der Waals surface area contributed by atoms with E-state index in [1.54, 1.807) is 5.56 Å². The zero-order valence-electron chi connectivity index (χ0n) is 14.6. The van der Waals surface area contributed by atoms with E-state index >= 15 is 0 Å². The number of anilines is 1. The van der Waals surface area contributed by atoms with Crippen LogP contribution >= 0.6 is 0 Å². The van der Waals surface area contributed by atoms with Crippen molar-refractivity contribution in [1.29, 1.82) is 0 Å². The van der Waals surface area contributed by atoms with Gasteiger partial charge in [-0.2, -0.15) is 0 Å². The predicted octanol–water partition coefficient (Wildman–Crippen LogP) is 5.93. The Labute approximate surface area is 145 Å². The second-order valence-corrected chi connectivity index (χ2v) is 8.20. The van der Waals surface area contributed by atoms with Crippen molar-refractivity contribution in [3.05, 3.63) is 65.2 Å². The molecule has 2 aliphatic carbocycles. The van der Waals surface area contributed by atoms with E-state index in [-0.39, 0.29) is 5.54 Å². The van der Waals surface area contributed by atoms with Crippen molar-refractivity contribution in [2.24, 2.45) is 5.92 Å². The monoisotopic (exact) mass is 317 g/mol. The van der Waals surface area contributed by atoms with Crippen LogP contribution in [0.25, 0.3) is 0 Å². The Morgan fingerprint density at radius 1 is 0.875 bits per heavy atom. The van der Waals surface area contributed by atoms with Crippen LogP contribution < -0.4 is 5.32 Å². The highest BCUT2D eigenvalue weighted by molar-refractivity contribution is 5.71. The maximum Gasteiger partial charge on any atom is 0.0725 e. The summed E-state index contributed by atoms with van der Waals surface area (Å²) in [4.78, 5) is 0. The zero-order valence-corrected chi connectivity index (χ0v) is 14.6. The second-order valence-electron chi connectivity index (χ2n) is 8.20. The quantitative estimate of drug-likeness (QED) is 0.687. The first-order valence-corrected chi connectivity index (χ1v) is 9.72. The maximum absolute atomic E-state index is 4.12. The van der Waals surface area contributed by atoms with Crippen LogP contribution in [0.2, 0.25) is 0 Å². The standard InChI is InChI=1S/C23H27N/c1-17-9-7-14-20-21(17)24-23(19-11-3-2-4-12-19)16-8-13-18-10-5-6-15-22(18,20)23/h2-4,7,9,11-12,14,18,24H,5-6,8,10,13,15-16H2,1H3/t18-,22+,23+/m1/s1. The molecule has 24 heavy (non-hydrogen) atoms. The molecule has 0 saturated heterocycles. The second kappa shape index (κ2) is 5.12. The Morgan fingerprint density at radius 2 is 1.71 bits per heavy atom. The van der Waals surface area contributed by atoms with Gasteiger partial charge in [0.05, 0.1) is 5.54 Å². The molecule has 1 nitrogen and oxygen atoms in total. The smallest absolute Gasteiger partial charge is 0.0725 e. The van der Waals surface area contributed by atoms with Gasteiger partial charge in [0.15, 0.2) is 0 Å². The van der Waals surface area contributed by atoms with Crippen molar-refractivity contribution in [3.63, 3.8) is 0 Å². The molecular weight excluding hydrogens is 290 g/mol. The van der Waals surface area contributed by atoms with Gasteiger partial charge in [0.25, 0.3) is 0 Å². The molecular formula is C23H27N. The van der Waals surface area contributed by atoms with Gasteiger partial charge in [-0.25, -0.2) is 0 Å². The summed E-state index contributed by atoms with van der Waals surface area (Å²) >= 11 is 0. The van der Waals surface area contributed by atoms with Gasteiger partial charge >= 0.3 is 0 Å². The molecule has 2 aromatic carbocycles. The van der Waals surface area contributed by atoms with E-state index in [0.29, 0.717) is 5.41 Å². The van der Waals surface area contributed by atoms with Gasteiger partial charge < -0.3 is 5.32 Å². The Balaban J connectivity index is 1.81. The lowest BCUT2D eigenvalue weighted by atomic mass is 9.48. The highest BCUT2D eigenvalue weighted by Crippen LogP contribution is 2.66. The molecule has 3 atom stereocenters. The van der Waals surface area contributed by atoms with Gasteiger partial charge in [0, 0.05) is 11.1 Å². The molecule has 124 valence electrons. The third-order valence-corrected chi connectivity index (χ3v) is 7.29. The first-order chi connectivity index (χ1) is 11.8. The SMILES string of the molecule is Cc1cccc2c1N[C@]1(c3ccccc3)CCC[C@H]3CCCC[C@@]231. The number of para-hydroxylation sites is 1. The first-order valence-electron chi connectivity index (χ1n) is 9.72. The number of rotatable bonds is 1. The van der Waals surface area contributed by atoms with E-state index in [9.17, 15) is 0 Å². The summed E-state index contributed by atoms with van der Waals surface area (Å²) in [5.74, 6) is 0.829. The van der Waals surface area contributed by atoms with Crippen LogP contribution in [-0.4, -0.2) is 0 Å². The van der Waals surface area contributed by atoms with Crippen molar-refractivity contribution in [2.45, 2.75) is 62.8 Å². The molecule has 1 N–H and O–H groups in total. The van der Waals surface area contributed by atoms with Crippen molar-refractivity contribution in [1.82, 2.24) is 0 Å². The van der Waals surface area contributed by atoms with E-state index in [2.05, 4.69) is 60.8 Å². The Morgan fingerprint density at radius 3 is 2.58 bits per heavy atom. The Hall–Kier alpha value is -1.76. The Bertz CT molecular complexity index is 763. The fourth-order valence-corrected chi connectivity index (χ4v) is 6.41. The average molecular weight is 317 g/mol. The zero-order chi connectivity index (χ0) is 16.2. The van der Waals surface area contributed by atoms with Crippen molar-refractivity contribution < 1.29 is 0 Å². The number of nitrogens with one attached hydrogen (secondary N) is 1. The molecule has 0 amide bonds. The van der Waals surface area contributed by atoms with Crippen molar-refractivity contribution in [3.8, 4) is 0 Å². The molecule has 1 spiro atoms. The van der Waals surface area contributed by atoms with Crippen molar-refractivity contribution in [2.75, 3.05) is 5.32 Å². The van der Waals surface area contributed by atoms with Gasteiger partial charge in [-0.3, -0.25) is 0 Å². The number of hydrogen-bond acceptors (Lipinski definition) is 1. The molecule has 2 saturated carbocycles. The summed E-state index contributed by atoms with van der Waals surface area (Å²) < 4.78 is 0. The van der Waals surface area contributed by atoms with E-state index in [4.69, 9.17) is 0 Å². The van der Waals surface area contributed by atoms with Crippen LogP contribution in [0, 0.1) is 12.8 Å². The van der Waals surface area contributed by atoms with E-state index in [1.165, 1.54) is 61.8 Å². The lowest BCUT2D eigenvalue weighted by Gasteiger charge is -2.57. The van der Waals surface area contributed by atoms with E-state index in [0.717, 1.165) is 5.92 Å².